The van der Waals surface area contributed by atoms with Gasteiger partial charge in [0.2, 0.25) is 0 Å². The van der Waals surface area contributed by atoms with Gasteiger partial charge in [0, 0.05) is 26.7 Å². The van der Waals surface area contributed by atoms with E-state index in [4.69, 9.17) is 9.47 Å². The number of hydrogen-bond donors (Lipinski definition) is 1. The lowest BCUT2D eigenvalue weighted by molar-refractivity contribution is 0.345. The molecule has 6 heteroatoms. The van der Waals surface area contributed by atoms with Crippen molar-refractivity contribution in [3.8, 4) is 11.5 Å². The van der Waals surface area contributed by atoms with Gasteiger partial charge in [-0.25, -0.2) is 0 Å². The van der Waals surface area contributed by atoms with Gasteiger partial charge in [0.1, 0.15) is 0 Å². The molecule has 0 amide bonds. The zero-order chi connectivity index (χ0) is 18.5. The highest BCUT2D eigenvalue weighted by Gasteiger charge is 2.22. The minimum absolute atomic E-state index is 0.458. The third-order valence-electron chi connectivity index (χ3n) is 4.91. The standard InChI is InChI=1S/C20H27N3O2S/c1-14(16-6-8-26-13-16)11-22-20(21-2)23-7-5-15-9-18(24-3)19(25-4)10-17(15)12-23/h6,8-10,13-14H,5,7,11-12H2,1-4H3,(H,21,22). The van der Waals surface area contributed by atoms with Crippen molar-refractivity contribution in [2.45, 2.75) is 25.8 Å². The number of ether oxygens (including phenoxy) is 2. The fraction of sp³-hybridized carbons (Fsp3) is 0.450. The maximum atomic E-state index is 5.46. The van der Waals surface area contributed by atoms with Crippen LogP contribution < -0.4 is 14.8 Å². The summed E-state index contributed by atoms with van der Waals surface area (Å²) in [5.41, 5.74) is 3.96. The Morgan fingerprint density at radius 3 is 2.62 bits per heavy atom. The highest BCUT2D eigenvalue weighted by atomic mass is 32.1. The molecule has 2 heterocycles. The second kappa shape index (κ2) is 8.45. The first-order valence-electron chi connectivity index (χ1n) is 8.87. The normalized spacial score (nSPS) is 15.4. The Hall–Kier alpha value is -2.21. The van der Waals surface area contributed by atoms with Gasteiger partial charge in [0.05, 0.1) is 14.2 Å². The van der Waals surface area contributed by atoms with Gasteiger partial charge in [0.15, 0.2) is 17.5 Å². The molecule has 0 spiro atoms. The second-order valence-electron chi connectivity index (χ2n) is 6.53. The maximum absolute atomic E-state index is 5.46. The molecule has 5 nitrogen and oxygen atoms in total. The van der Waals surface area contributed by atoms with Gasteiger partial charge < -0.3 is 19.7 Å². The number of guanidine groups is 1. The van der Waals surface area contributed by atoms with Crippen LogP contribution in [0.2, 0.25) is 0 Å². The van der Waals surface area contributed by atoms with E-state index >= 15 is 0 Å². The molecule has 0 aliphatic carbocycles. The summed E-state index contributed by atoms with van der Waals surface area (Å²) in [6, 6.07) is 6.37. The van der Waals surface area contributed by atoms with Gasteiger partial charge in [0.25, 0.3) is 0 Å². The first-order chi connectivity index (χ1) is 12.7. The number of hydrogen-bond acceptors (Lipinski definition) is 4. The highest BCUT2D eigenvalue weighted by molar-refractivity contribution is 7.07. The third-order valence-corrected chi connectivity index (χ3v) is 5.61. The molecule has 0 fully saturated rings. The average Bonchev–Trinajstić information content (AvgIpc) is 3.22. The number of methoxy groups -OCH3 is 2. The molecule has 1 atom stereocenters. The second-order valence-corrected chi connectivity index (χ2v) is 7.31. The maximum Gasteiger partial charge on any atom is 0.193 e. The molecule has 3 rings (SSSR count). The SMILES string of the molecule is CN=C(NCC(C)c1ccsc1)N1CCc2cc(OC)c(OC)cc2C1. The third kappa shape index (κ3) is 3.96. The zero-order valence-corrected chi connectivity index (χ0v) is 16.7. The predicted molar refractivity (Wildman–Crippen MR) is 108 cm³/mol. The van der Waals surface area contributed by atoms with Crippen molar-refractivity contribution in [3.05, 3.63) is 45.6 Å². The summed E-state index contributed by atoms with van der Waals surface area (Å²) in [7, 11) is 5.21. The van der Waals surface area contributed by atoms with E-state index in [1.54, 1.807) is 25.6 Å². The Balaban J connectivity index is 1.68. The number of aliphatic imine (C=N–C) groups is 1. The largest absolute Gasteiger partial charge is 0.493 e. The summed E-state index contributed by atoms with van der Waals surface area (Å²) >= 11 is 1.74. The fourth-order valence-electron chi connectivity index (χ4n) is 3.31. The molecule has 1 aromatic heterocycles. The number of benzene rings is 1. The molecule has 1 aliphatic rings. The number of rotatable bonds is 5. The Labute approximate surface area is 159 Å². The van der Waals surface area contributed by atoms with Crippen LogP contribution in [0.4, 0.5) is 0 Å². The van der Waals surface area contributed by atoms with Crippen LogP contribution in [-0.4, -0.2) is 45.2 Å². The van der Waals surface area contributed by atoms with Crippen molar-refractivity contribution in [2.24, 2.45) is 4.99 Å². The Morgan fingerprint density at radius 1 is 1.27 bits per heavy atom. The first kappa shape index (κ1) is 18.6. The van der Waals surface area contributed by atoms with Crippen molar-refractivity contribution < 1.29 is 9.47 Å². The van der Waals surface area contributed by atoms with Gasteiger partial charge in [-0.1, -0.05) is 6.92 Å². The van der Waals surface area contributed by atoms with Crippen LogP contribution in [0.3, 0.4) is 0 Å². The summed E-state index contributed by atoms with van der Waals surface area (Å²) in [5, 5.41) is 7.88. The lowest BCUT2D eigenvalue weighted by Gasteiger charge is -2.32. The molecular formula is C20H27N3O2S. The number of fused-ring (bicyclic) bond motifs is 1. The molecule has 0 radical (unpaired) electrons. The van der Waals surface area contributed by atoms with E-state index in [0.29, 0.717) is 5.92 Å². The number of nitrogens with zero attached hydrogens (tertiary/aromatic N) is 2. The lowest BCUT2D eigenvalue weighted by Crippen LogP contribution is -2.45. The monoisotopic (exact) mass is 373 g/mol. The van der Waals surface area contributed by atoms with Crippen LogP contribution in [0.15, 0.2) is 34.0 Å². The van der Waals surface area contributed by atoms with E-state index in [0.717, 1.165) is 43.5 Å². The molecule has 1 aliphatic heterocycles. The molecule has 0 saturated heterocycles. The van der Waals surface area contributed by atoms with Gasteiger partial charge in [-0.2, -0.15) is 11.3 Å². The Kier molecular flexibility index (Phi) is 6.04. The van der Waals surface area contributed by atoms with E-state index in [-0.39, 0.29) is 0 Å². The fourth-order valence-corrected chi connectivity index (χ4v) is 4.10. The van der Waals surface area contributed by atoms with Crippen LogP contribution in [0, 0.1) is 0 Å². The zero-order valence-electron chi connectivity index (χ0n) is 15.9. The molecule has 140 valence electrons. The van der Waals surface area contributed by atoms with E-state index in [1.165, 1.54) is 16.7 Å². The van der Waals surface area contributed by atoms with Crippen molar-refractivity contribution in [3.63, 3.8) is 0 Å². The quantitative estimate of drug-likeness (QED) is 0.644. The summed E-state index contributed by atoms with van der Waals surface area (Å²) < 4.78 is 10.9. The number of nitrogens with one attached hydrogen (secondary N) is 1. The van der Waals surface area contributed by atoms with Gasteiger partial charge in [-0.05, 0) is 58.0 Å². The van der Waals surface area contributed by atoms with Gasteiger partial charge in [-0.15, -0.1) is 0 Å². The van der Waals surface area contributed by atoms with E-state index in [1.807, 2.05) is 7.05 Å². The minimum Gasteiger partial charge on any atom is -0.493 e. The summed E-state index contributed by atoms with van der Waals surface area (Å²) in [6.07, 6.45) is 0.969. The van der Waals surface area contributed by atoms with Crippen molar-refractivity contribution in [2.75, 3.05) is 34.4 Å². The lowest BCUT2D eigenvalue weighted by atomic mass is 9.99. The van der Waals surface area contributed by atoms with Crippen LogP contribution in [0.1, 0.15) is 29.5 Å². The van der Waals surface area contributed by atoms with E-state index in [9.17, 15) is 0 Å². The minimum atomic E-state index is 0.458. The van der Waals surface area contributed by atoms with Crippen molar-refractivity contribution in [1.82, 2.24) is 10.2 Å². The van der Waals surface area contributed by atoms with Crippen LogP contribution >= 0.6 is 11.3 Å². The predicted octanol–water partition coefficient (Wildman–Crippen LogP) is 3.50. The van der Waals surface area contributed by atoms with Crippen LogP contribution in [-0.2, 0) is 13.0 Å². The number of thiophene rings is 1. The van der Waals surface area contributed by atoms with Crippen molar-refractivity contribution >= 4 is 17.3 Å². The summed E-state index contributed by atoms with van der Waals surface area (Å²) in [5.74, 6) is 2.99. The molecule has 2 aromatic rings. The van der Waals surface area contributed by atoms with Crippen LogP contribution in [0.25, 0.3) is 0 Å². The average molecular weight is 374 g/mol. The molecule has 1 unspecified atom stereocenters. The van der Waals surface area contributed by atoms with E-state index < -0.39 is 0 Å². The van der Waals surface area contributed by atoms with Gasteiger partial charge in [-0.3, -0.25) is 4.99 Å². The Bertz CT molecular complexity index is 759. The molecule has 1 N–H and O–H groups in total. The summed E-state index contributed by atoms with van der Waals surface area (Å²) in [4.78, 5) is 6.79. The van der Waals surface area contributed by atoms with Crippen molar-refractivity contribution in [1.29, 1.82) is 0 Å². The molecule has 0 saturated carbocycles. The smallest absolute Gasteiger partial charge is 0.193 e. The van der Waals surface area contributed by atoms with Gasteiger partial charge >= 0.3 is 0 Å². The molecule has 0 bridgehead atoms. The first-order valence-corrected chi connectivity index (χ1v) is 9.82. The topological polar surface area (TPSA) is 46.1 Å². The Morgan fingerprint density at radius 2 is 2.00 bits per heavy atom. The summed E-state index contributed by atoms with van der Waals surface area (Å²) in [6.45, 7) is 4.88. The van der Waals surface area contributed by atoms with E-state index in [2.05, 4.69) is 51.1 Å². The molecular weight excluding hydrogens is 346 g/mol. The molecule has 1 aromatic carbocycles. The molecule has 26 heavy (non-hydrogen) atoms. The highest BCUT2D eigenvalue weighted by Crippen LogP contribution is 2.33. The van der Waals surface area contributed by atoms with Crippen LogP contribution in [0.5, 0.6) is 11.5 Å².